The Morgan fingerprint density at radius 3 is 2.85 bits per heavy atom. The van der Waals surface area contributed by atoms with Gasteiger partial charge in [0.15, 0.2) is 0 Å². The van der Waals surface area contributed by atoms with Crippen molar-refractivity contribution in [2.45, 2.75) is 6.92 Å². The summed E-state index contributed by atoms with van der Waals surface area (Å²) in [7, 11) is 1.82. The molecule has 0 saturated heterocycles. The molecule has 0 aliphatic carbocycles. The highest BCUT2D eigenvalue weighted by Crippen LogP contribution is 2.26. The molecule has 1 aromatic carbocycles. The third kappa shape index (κ3) is 3.45. The number of benzene rings is 1. The highest BCUT2D eigenvalue weighted by molar-refractivity contribution is 9.10. The lowest BCUT2D eigenvalue weighted by atomic mass is 10.2. The van der Waals surface area contributed by atoms with E-state index in [2.05, 4.69) is 37.3 Å². The zero-order valence-electron chi connectivity index (χ0n) is 11.3. The number of hydrogen-bond acceptors (Lipinski definition) is 5. The van der Waals surface area contributed by atoms with Gasteiger partial charge in [-0.2, -0.15) is 5.26 Å². The molecule has 0 bridgehead atoms. The van der Waals surface area contributed by atoms with Gasteiger partial charge in [-0.05, 0) is 40.5 Å². The Balaban J connectivity index is 2.21. The summed E-state index contributed by atoms with van der Waals surface area (Å²) in [5.74, 6) is 1.39. The average molecular weight is 332 g/mol. The Morgan fingerprint density at radius 2 is 2.15 bits per heavy atom. The van der Waals surface area contributed by atoms with Crippen LogP contribution in [0.5, 0.6) is 0 Å². The van der Waals surface area contributed by atoms with Crippen molar-refractivity contribution in [1.29, 1.82) is 5.26 Å². The fraction of sp³-hybridized carbons (Fsp3) is 0.214. The molecule has 102 valence electrons. The van der Waals surface area contributed by atoms with Crippen molar-refractivity contribution in [3.63, 3.8) is 0 Å². The van der Waals surface area contributed by atoms with Gasteiger partial charge in [-0.25, -0.2) is 9.97 Å². The molecule has 1 aromatic heterocycles. The summed E-state index contributed by atoms with van der Waals surface area (Å²) in [5.41, 5.74) is 2.11. The molecule has 0 amide bonds. The average Bonchev–Trinajstić information content (AvgIpc) is 2.43. The number of hydrogen-bond donors (Lipinski definition) is 1. The minimum Gasteiger partial charge on any atom is -0.346 e. The Labute approximate surface area is 126 Å². The normalized spacial score (nSPS) is 9.90. The van der Waals surface area contributed by atoms with Crippen LogP contribution in [0.25, 0.3) is 0 Å². The Hall–Kier alpha value is -2.13. The number of nitrogens with zero attached hydrogens (tertiary/aromatic N) is 4. The molecule has 0 aliphatic rings. The highest BCUT2D eigenvalue weighted by atomic mass is 79.9. The van der Waals surface area contributed by atoms with Gasteiger partial charge in [0.2, 0.25) is 0 Å². The number of aryl methyl sites for hydroxylation is 1. The van der Waals surface area contributed by atoms with Crippen molar-refractivity contribution < 1.29 is 0 Å². The van der Waals surface area contributed by atoms with Gasteiger partial charge in [0, 0.05) is 17.6 Å². The second-order valence-corrected chi connectivity index (χ2v) is 5.24. The first-order valence-corrected chi connectivity index (χ1v) is 6.83. The predicted molar refractivity (Wildman–Crippen MR) is 83.1 cm³/mol. The molecule has 20 heavy (non-hydrogen) atoms. The lowest BCUT2D eigenvalue weighted by Gasteiger charge is -2.15. The van der Waals surface area contributed by atoms with Crippen LogP contribution >= 0.6 is 15.9 Å². The van der Waals surface area contributed by atoms with Crippen molar-refractivity contribution in [1.82, 2.24) is 9.97 Å². The van der Waals surface area contributed by atoms with Crippen LogP contribution in [0.4, 0.5) is 17.3 Å². The molecule has 0 atom stereocenters. The lowest BCUT2D eigenvalue weighted by molar-refractivity contribution is 0.981. The Morgan fingerprint density at radius 1 is 1.35 bits per heavy atom. The van der Waals surface area contributed by atoms with Gasteiger partial charge in [-0.3, -0.25) is 0 Å². The van der Waals surface area contributed by atoms with Crippen LogP contribution in [0.1, 0.15) is 5.56 Å². The quantitative estimate of drug-likeness (QED) is 0.871. The van der Waals surface area contributed by atoms with E-state index in [1.807, 2.05) is 38.2 Å². The molecule has 0 saturated carbocycles. The number of halogens is 1. The zero-order chi connectivity index (χ0) is 14.5. The van der Waals surface area contributed by atoms with E-state index in [0.29, 0.717) is 11.6 Å². The summed E-state index contributed by atoms with van der Waals surface area (Å²) in [5, 5.41) is 11.9. The number of nitriles is 1. The number of rotatable bonds is 4. The molecule has 0 radical (unpaired) electrons. The third-order valence-corrected chi connectivity index (χ3v) is 3.40. The fourth-order valence-electron chi connectivity index (χ4n) is 1.67. The van der Waals surface area contributed by atoms with Crippen LogP contribution in [0.2, 0.25) is 0 Å². The Bertz CT molecular complexity index is 650. The van der Waals surface area contributed by atoms with E-state index in [0.717, 1.165) is 10.2 Å². The maximum atomic E-state index is 8.71. The molecule has 6 heteroatoms. The topological polar surface area (TPSA) is 64.8 Å². The molecule has 0 aliphatic heterocycles. The maximum Gasteiger partial charge on any atom is 0.135 e. The SMILES string of the molecule is Cc1ccc(Nc2cc(N(C)CC#N)ncn2)c(Br)c1. The van der Waals surface area contributed by atoms with Crippen molar-refractivity contribution >= 4 is 33.3 Å². The van der Waals surface area contributed by atoms with E-state index in [1.54, 1.807) is 4.90 Å². The minimum atomic E-state index is 0.282. The first-order valence-electron chi connectivity index (χ1n) is 6.03. The molecule has 2 aromatic rings. The van der Waals surface area contributed by atoms with Crippen molar-refractivity contribution in [2.24, 2.45) is 0 Å². The van der Waals surface area contributed by atoms with Crippen LogP contribution in [-0.4, -0.2) is 23.6 Å². The number of anilines is 3. The third-order valence-electron chi connectivity index (χ3n) is 2.74. The van der Waals surface area contributed by atoms with Crippen LogP contribution < -0.4 is 10.2 Å². The largest absolute Gasteiger partial charge is 0.346 e. The molecule has 0 unspecified atom stereocenters. The van der Waals surface area contributed by atoms with E-state index in [-0.39, 0.29) is 6.54 Å². The smallest absolute Gasteiger partial charge is 0.135 e. The first kappa shape index (κ1) is 14.3. The summed E-state index contributed by atoms with van der Waals surface area (Å²) in [4.78, 5) is 10.1. The molecule has 2 rings (SSSR count). The molecular weight excluding hydrogens is 318 g/mol. The van der Waals surface area contributed by atoms with Crippen molar-refractivity contribution in [3.8, 4) is 6.07 Å². The van der Waals surface area contributed by atoms with E-state index < -0.39 is 0 Å². The summed E-state index contributed by atoms with van der Waals surface area (Å²) >= 11 is 3.52. The van der Waals surface area contributed by atoms with Gasteiger partial charge in [0.25, 0.3) is 0 Å². The summed E-state index contributed by atoms with van der Waals surface area (Å²) < 4.78 is 0.975. The Kier molecular flexibility index (Phi) is 4.53. The first-order chi connectivity index (χ1) is 9.60. The summed E-state index contributed by atoms with van der Waals surface area (Å²) in [6, 6.07) is 9.94. The van der Waals surface area contributed by atoms with E-state index in [9.17, 15) is 0 Å². The fourth-order valence-corrected chi connectivity index (χ4v) is 2.26. The van der Waals surface area contributed by atoms with Gasteiger partial charge in [-0.1, -0.05) is 6.07 Å². The predicted octanol–water partition coefficient (Wildman–Crippen LogP) is 3.25. The highest BCUT2D eigenvalue weighted by Gasteiger charge is 2.06. The molecule has 5 nitrogen and oxygen atoms in total. The number of nitrogens with one attached hydrogen (secondary N) is 1. The van der Waals surface area contributed by atoms with Crippen LogP contribution in [-0.2, 0) is 0 Å². The van der Waals surface area contributed by atoms with Crippen LogP contribution in [0, 0.1) is 18.3 Å². The molecular formula is C14H14BrN5. The van der Waals surface area contributed by atoms with Crippen LogP contribution in [0.3, 0.4) is 0 Å². The van der Waals surface area contributed by atoms with Gasteiger partial charge < -0.3 is 10.2 Å². The van der Waals surface area contributed by atoms with Crippen molar-refractivity contribution in [3.05, 3.63) is 40.6 Å². The number of aromatic nitrogens is 2. The summed E-state index contributed by atoms with van der Waals surface area (Å²) in [6.45, 7) is 2.32. The van der Waals surface area contributed by atoms with Gasteiger partial charge in [0.05, 0.1) is 11.8 Å². The second kappa shape index (κ2) is 6.35. The van der Waals surface area contributed by atoms with Gasteiger partial charge >= 0.3 is 0 Å². The standard InChI is InChI=1S/C14H14BrN5/c1-10-3-4-12(11(15)7-10)19-13-8-14(18-9-17-13)20(2)6-5-16/h3-4,7-9H,6H2,1-2H3,(H,17,18,19). The van der Waals surface area contributed by atoms with E-state index in [1.165, 1.54) is 11.9 Å². The van der Waals surface area contributed by atoms with Crippen LogP contribution in [0.15, 0.2) is 35.1 Å². The molecule has 1 heterocycles. The molecule has 1 N–H and O–H groups in total. The van der Waals surface area contributed by atoms with Gasteiger partial charge in [-0.15, -0.1) is 0 Å². The second-order valence-electron chi connectivity index (χ2n) is 4.38. The van der Waals surface area contributed by atoms with E-state index in [4.69, 9.17) is 5.26 Å². The maximum absolute atomic E-state index is 8.71. The lowest BCUT2D eigenvalue weighted by Crippen LogP contribution is -2.18. The van der Waals surface area contributed by atoms with Gasteiger partial charge in [0.1, 0.15) is 24.5 Å². The van der Waals surface area contributed by atoms with E-state index >= 15 is 0 Å². The summed E-state index contributed by atoms with van der Waals surface area (Å²) in [6.07, 6.45) is 1.48. The monoisotopic (exact) mass is 331 g/mol. The zero-order valence-corrected chi connectivity index (χ0v) is 12.8. The van der Waals surface area contributed by atoms with Crippen molar-refractivity contribution in [2.75, 3.05) is 23.8 Å². The molecule has 0 fully saturated rings. The minimum absolute atomic E-state index is 0.282. The molecule has 0 spiro atoms.